The van der Waals surface area contributed by atoms with Gasteiger partial charge in [0.15, 0.2) is 5.76 Å². The van der Waals surface area contributed by atoms with Gasteiger partial charge in [-0.05, 0) is 38.0 Å². The molecule has 0 aliphatic carbocycles. The molecule has 0 spiro atoms. The van der Waals surface area contributed by atoms with E-state index < -0.39 is 0 Å². The molecule has 2 aromatic heterocycles. The zero-order valence-electron chi connectivity index (χ0n) is 16.8. The summed E-state index contributed by atoms with van der Waals surface area (Å²) in [5.74, 6) is -0.0488. The maximum atomic E-state index is 12.1. The number of hydrogen-bond donors (Lipinski definition) is 2. The highest BCUT2D eigenvalue weighted by atomic mass is 16.3. The Morgan fingerprint density at radius 3 is 2.59 bits per heavy atom. The molecule has 7 nitrogen and oxygen atoms in total. The van der Waals surface area contributed by atoms with Crippen LogP contribution in [0.1, 0.15) is 45.9 Å². The zero-order valence-corrected chi connectivity index (χ0v) is 16.8. The maximum absolute atomic E-state index is 12.1. The fourth-order valence-electron chi connectivity index (χ4n) is 3.12. The first-order valence-electron chi connectivity index (χ1n) is 9.70. The second-order valence-electron chi connectivity index (χ2n) is 6.91. The summed E-state index contributed by atoms with van der Waals surface area (Å²) < 4.78 is 6.99. The third-order valence-corrected chi connectivity index (χ3v) is 4.78. The topological polar surface area (TPSA) is 89.2 Å². The molecule has 0 atom stereocenters. The van der Waals surface area contributed by atoms with Crippen molar-refractivity contribution in [1.82, 2.24) is 20.4 Å². The molecule has 0 aliphatic rings. The summed E-state index contributed by atoms with van der Waals surface area (Å²) in [5, 5.41) is 10.3. The van der Waals surface area contributed by atoms with Gasteiger partial charge < -0.3 is 15.1 Å². The number of aryl methyl sites for hydroxylation is 1. The van der Waals surface area contributed by atoms with E-state index in [9.17, 15) is 9.59 Å². The molecule has 29 heavy (non-hydrogen) atoms. The van der Waals surface area contributed by atoms with Crippen LogP contribution in [0, 0.1) is 13.8 Å². The Labute approximate surface area is 170 Å². The third kappa shape index (κ3) is 5.57. The summed E-state index contributed by atoms with van der Waals surface area (Å²) in [7, 11) is 0. The fraction of sp³-hybridized carbons (Fsp3) is 0.318. The molecule has 0 saturated carbocycles. The first kappa shape index (κ1) is 20.4. The Morgan fingerprint density at radius 1 is 1.07 bits per heavy atom. The van der Waals surface area contributed by atoms with Gasteiger partial charge in [-0.15, -0.1) is 0 Å². The van der Waals surface area contributed by atoms with Crippen LogP contribution in [0.2, 0.25) is 0 Å². The third-order valence-electron chi connectivity index (χ3n) is 4.78. The Morgan fingerprint density at radius 2 is 1.86 bits per heavy atom. The largest absolute Gasteiger partial charge is 0.459 e. The van der Waals surface area contributed by atoms with Crippen molar-refractivity contribution in [2.45, 2.75) is 39.8 Å². The number of hydrogen-bond acceptors (Lipinski definition) is 4. The van der Waals surface area contributed by atoms with Gasteiger partial charge in [-0.3, -0.25) is 14.3 Å². The molecular weight excluding hydrogens is 368 g/mol. The lowest BCUT2D eigenvalue weighted by Gasteiger charge is -2.08. The highest BCUT2D eigenvalue weighted by Gasteiger charge is 2.13. The van der Waals surface area contributed by atoms with Crippen LogP contribution in [0.4, 0.5) is 0 Å². The quantitative estimate of drug-likeness (QED) is 0.546. The van der Waals surface area contributed by atoms with Crippen LogP contribution in [-0.4, -0.2) is 28.1 Å². The van der Waals surface area contributed by atoms with E-state index in [1.54, 1.807) is 12.1 Å². The average Bonchev–Trinajstić information content (AvgIpc) is 3.34. The summed E-state index contributed by atoms with van der Waals surface area (Å²) in [6, 6.07) is 13.4. The first-order valence-corrected chi connectivity index (χ1v) is 9.70. The van der Waals surface area contributed by atoms with E-state index in [1.165, 1.54) is 11.8 Å². The number of nitrogens with one attached hydrogen (secondary N) is 2. The van der Waals surface area contributed by atoms with E-state index in [0.29, 0.717) is 32.5 Å². The molecule has 3 aromatic rings. The van der Waals surface area contributed by atoms with Gasteiger partial charge in [0.1, 0.15) is 0 Å². The zero-order chi connectivity index (χ0) is 20.6. The summed E-state index contributed by atoms with van der Waals surface area (Å²) in [4.78, 5) is 23.9. The van der Waals surface area contributed by atoms with Crippen molar-refractivity contribution in [1.29, 1.82) is 0 Å². The van der Waals surface area contributed by atoms with Crippen molar-refractivity contribution in [3.05, 3.63) is 77.0 Å². The van der Waals surface area contributed by atoms with Crippen LogP contribution >= 0.6 is 0 Å². The van der Waals surface area contributed by atoms with E-state index in [-0.39, 0.29) is 17.6 Å². The summed E-state index contributed by atoms with van der Waals surface area (Å²) >= 11 is 0. The van der Waals surface area contributed by atoms with Crippen molar-refractivity contribution >= 4 is 11.8 Å². The van der Waals surface area contributed by atoms with E-state index in [4.69, 9.17) is 4.42 Å². The van der Waals surface area contributed by atoms with Crippen LogP contribution in [0.5, 0.6) is 0 Å². The smallest absolute Gasteiger partial charge is 0.286 e. The Bertz CT molecular complexity index is 946. The van der Waals surface area contributed by atoms with Crippen molar-refractivity contribution in [3.63, 3.8) is 0 Å². The van der Waals surface area contributed by atoms with Crippen LogP contribution in [0.25, 0.3) is 0 Å². The SMILES string of the molecule is Cc1nn(Cc2ccccc2)c(C)c1CNC(=O)CCCNC(=O)c1ccco1. The van der Waals surface area contributed by atoms with Gasteiger partial charge in [0.25, 0.3) is 5.91 Å². The summed E-state index contributed by atoms with van der Waals surface area (Å²) in [6.07, 6.45) is 2.35. The summed E-state index contributed by atoms with van der Waals surface area (Å²) in [5.41, 5.74) is 4.20. The molecule has 2 N–H and O–H groups in total. The van der Waals surface area contributed by atoms with Gasteiger partial charge in [-0.1, -0.05) is 30.3 Å². The molecule has 2 amide bonds. The van der Waals surface area contributed by atoms with Gasteiger partial charge in [-0.25, -0.2) is 0 Å². The molecule has 7 heteroatoms. The second-order valence-corrected chi connectivity index (χ2v) is 6.91. The molecular formula is C22H26N4O3. The van der Waals surface area contributed by atoms with Gasteiger partial charge in [-0.2, -0.15) is 5.10 Å². The lowest BCUT2D eigenvalue weighted by molar-refractivity contribution is -0.121. The van der Waals surface area contributed by atoms with Crippen molar-refractivity contribution < 1.29 is 14.0 Å². The van der Waals surface area contributed by atoms with Crippen LogP contribution in [0.3, 0.4) is 0 Å². The molecule has 0 unspecified atom stereocenters. The highest BCUT2D eigenvalue weighted by Crippen LogP contribution is 2.14. The van der Waals surface area contributed by atoms with Gasteiger partial charge >= 0.3 is 0 Å². The van der Waals surface area contributed by atoms with Crippen molar-refractivity contribution in [2.75, 3.05) is 6.54 Å². The minimum Gasteiger partial charge on any atom is -0.459 e. The molecule has 2 heterocycles. The predicted octanol–water partition coefficient (Wildman–Crippen LogP) is 2.97. The highest BCUT2D eigenvalue weighted by molar-refractivity contribution is 5.91. The Balaban J connectivity index is 1.43. The number of carbonyl (C=O) groups is 2. The monoisotopic (exact) mass is 394 g/mol. The van der Waals surface area contributed by atoms with E-state index in [1.807, 2.05) is 36.7 Å². The number of carbonyl (C=O) groups excluding carboxylic acids is 2. The minimum atomic E-state index is -0.271. The molecule has 1 aromatic carbocycles. The van der Waals surface area contributed by atoms with Crippen molar-refractivity contribution in [3.8, 4) is 0 Å². The lowest BCUT2D eigenvalue weighted by Crippen LogP contribution is -2.27. The molecule has 0 bridgehead atoms. The van der Waals surface area contributed by atoms with E-state index >= 15 is 0 Å². The van der Waals surface area contributed by atoms with Crippen molar-refractivity contribution in [2.24, 2.45) is 0 Å². The predicted molar refractivity (Wildman–Crippen MR) is 109 cm³/mol. The average molecular weight is 394 g/mol. The molecule has 0 saturated heterocycles. The standard InChI is InChI=1S/C22H26N4O3/c1-16-19(17(2)26(25-16)15-18-8-4-3-5-9-18)14-24-21(27)11-6-12-23-22(28)20-10-7-13-29-20/h3-5,7-10,13H,6,11-12,14-15H2,1-2H3,(H,23,28)(H,24,27). The number of furan rings is 1. The fourth-order valence-corrected chi connectivity index (χ4v) is 3.12. The van der Waals surface area contributed by atoms with Crippen LogP contribution in [0.15, 0.2) is 53.1 Å². The van der Waals surface area contributed by atoms with Gasteiger partial charge in [0.05, 0.1) is 18.5 Å². The minimum absolute atomic E-state index is 0.0492. The Kier molecular flexibility index (Phi) is 6.84. The molecule has 152 valence electrons. The Hall–Kier alpha value is -3.35. The van der Waals surface area contributed by atoms with Crippen LogP contribution in [-0.2, 0) is 17.9 Å². The maximum Gasteiger partial charge on any atom is 0.286 e. The number of benzene rings is 1. The first-order chi connectivity index (χ1) is 14.0. The molecule has 0 fully saturated rings. The summed E-state index contributed by atoms with van der Waals surface area (Å²) in [6.45, 7) is 5.55. The van der Waals surface area contributed by atoms with Crippen LogP contribution < -0.4 is 10.6 Å². The van der Waals surface area contributed by atoms with E-state index in [0.717, 1.165) is 17.0 Å². The number of aromatic nitrogens is 2. The van der Waals surface area contributed by atoms with E-state index in [2.05, 4.69) is 27.9 Å². The van der Waals surface area contributed by atoms with Gasteiger partial charge in [0.2, 0.25) is 5.91 Å². The molecule has 0 aliphatic heterocycles. The molecule has 0 radical (unpaired) electrons. The van der Waals surface area contributed by atoms with Gasteiger partial charge in [0, 0.05) is 30.8 Å². The lowest BCUT2D eigenvalue weighted by atomic mass is 10.2. The number of amides is 2. The second kappa shape index (κ2) is 9.73. The normalized spacial score (nSPS) is 10.7. The molecule has 3 rings (SSSR count). The number of nitrogens with zero attached hydrogens (tertiary/aromatic N) is 2. The number of rotatable bonds is 9.